The molecule has 0 bridgehead atoms. The molecule has 0 radical (unpaired) electrons. The Hall–Kier alpha value is -3.06. The van der Waals surface area contributed by atoms with Crippen LogP contribution in [0.4, 0.5) is 18.9 Å². The molecule has 7 heteroatoms. The van der Waals surface area contributed by atoms with Crippen LogP contribution in [-0.4, -0.2) is 11.9 Å². The molecule has 4 nitrogen and oxygen atoms in total. The number of amides is 1. The third-order valence-electron chi connectivity index (χ3n) is 4.36. The first-order chi connectivity index (χ1) is 13.3. The Morgan fingerprint density at radius 3 is 2.43 bits per heavy atom. The molecule has 0 saturated heterocycles. The molecule has 2 atom stereocenters. The topological polar surface area (TPSA) is 58.9 Å². The van der Waals surface area contributed by atoms with E-state index in [2.05, 4.69) is 5.32 Å². The third-order valence-corrected chi connectivity index (χ3v) is 4.36. The van der Waals surface area contributed by atoms with Crippen molar-refractivity contribution in [3.63, 3.8) is 0 Å². The highest BCUT2D eigenvalue weighted by Crippen LogP contribution is 2.30. The molecule has 3 N–H and O–H groups in total. The molecule has 1 amide bonds. The van der Waals surface area contributed by atoms with Gasteiger partial charge in [-0.05, 0) is 37.3 Å². The molecule has 3 rings (SSSR count). The number of hydrogen-bond donors (Lipinski definition) is 2. The van der Waals surface area contributed by atoms with Gasteiger partial charge in [0.1, 0.15) is 0 Å². The standard InChI is InChI=1S/C21H19F3N2O2/c1-14(20(27)26-17-10-5-9-16(13-17)21(22,23)24)25-19(18-11-6-12-28-18)15-7-3-2-4-8-15/h2-14,19,25H,1H3,(H,26,27)/p+1/t14-,19+/m0/s1. The predicted molar refractivity (Wildman–Crippen MR) is 98.5 cm³/mol. The minimum Gasteiger partial charge on any atom is -0.463 e. The van der Waals surface area contributed by atoms with Crippen LogP contribution in [0.1, 0.15) is 29.9 Å². The molecule has 0 unspecified atom stereocenters. The summed E-state index contributed by atoms with van der Waals surface area (Å²) in [6.07, 6.45) is -2.90. The van der Waals surface area contributed by atoms with E-state index in [4.69, 9.17) is 4.42 Å². The van der Waals surface area contributed by atoms with Gasteiger partial charge >= 0.3 is 6.18 Å². The molecule has 0 aliphatic rings. The van der Waals surface area contributed by atoms with Crippen LogP contribution in [-0.2, 0) is 11.0 Å². The van der Waals surface area contributed by atoms with Crippen LogP contribution in [0.2, 0.25) is 0 Å². The highest BCUT2D eigenvalue weighted by atomic mass is 19.4. The van der Waals surface area contributed by atoms with Crippen molar-refractivity contribution in [1.29, 1.82) is 0 Å². The van der Waals surface area contributed by atoms with Gasteiger partial charge in [-0.1, -0.05) is 36.4 Å². The molecular formula is C21H20F3N2O2+. The molecule has 0 aliphatic heterocycles. The first kappa shape index (κ1) is 19.7. The number of rotatable bonds is 6. The average molecular weight is 389 g/mol. The molecule has 0 saturated carbocycles. The van der Waals surface area contributed by atoms with E-state index < -0.39 is 23.7 Å². The monoisotopic (exact) mass is 389 g/mol. The Morgan fingerprint density at radius 2 is 1.79 bits per heavy atom. The number of carbonyl (C=O) groups is 1. The van der Waals surface area contributed by atoms with E-state index in [0.717, 1.165) is 17.7 Å². The number of nitrogens with two attached hydrogens (primary N) is 1. The zero-order valence-corrected chi connectivity index (χ0v) is 15.1. The maximum absolute atomic E-state index is 12.9. The largest absolute Gasteiger partial charge is 0.463 e. The zero-order chi connectivity index (χ0) is 20.1. The Bertz CT molecular complexity index is 909. The minimum absolute atomic E-state index is 0.106. The number of halogens is 3. The molecule has 3 aromatic rings. The highest BCUT2D eigenvalue weighted by Gasteiger charge is 2.31. The fourth-order valence-electron chi connectivity index (χ4n) is 2.90. The summed E-state index contributed by atoms with van der Waals surface area (Å²) in [5.41, 5.74) is 0.255. The molecule has 0 aliphatic carbocycles. The molecule has 1 heterocycles. The van der Waals surface area contributed by atoms with Gasteiger partial charge in [-0.3, -0.25) is 4.79 Å². The maximum atomic E-state index is 12.9. The second-order valence-electron chi connectivity index (χ2n) is 6.45. The van der Waals surface area contributed by atoms with Gasteiger partial charge in [-0.15, -0.1) is 0 Å². The highest BCUT2D eigenvalue weighted by molar-refractivity contribution is 5.93. The van der Waals surface area contributed by atoms with E-state index in [9.17, 15) is 18.0 Å². The lowest BCUT2D eigenvalue weighted by Crippen LogP contribution is -2.92. The fourth-order valence-corrected chi connectivity index (χ4v) is 2.90. The first-order valence-corrected chi connectivity index (χ1v) is 8.76. The number of benzene rings is 2. The van der Waals surface area contributed by atoms with Crippen LogP contribution in [0.3, 0.4) is 0 Å². The molecule has 2 aromatic carbocycles. The second-order valence-corrected chi connectivity index (χ2v) is 6.45. The second kappa shape index (κ2) is 8.31. The molecule has 0 fully saturated rings. The number of quaternary nitrogens is 1. The van der Waals surface area contributed by atoms with E-state index in [1.54, 1.807) is 19.3 Å². The molecule has 146 valence electrons. The molecule has 0 spiro atoms. The van der Waals surface area contributed by atoms with E-state index in [1.807, 2.05) is 41.7 Å². The van der Waals surface area contributed by atoms with Crippen molar-refractivity contribution in [3.05, 3.63) is 89.9 Å². The third kappa shape index (κ3) is 4.80. The van der Waals surface area contributed by atoms with Crippen LogP contribution in [0.15, 0.2) is 77.4 Å². The number of hydrogen-bond acceptors (Lipinski definition) is 2. The number of anilines is 1. The van der Waals surface area contributed by atoms with Crippen molar-refractivity contribution in [2.75, 3.05) is 5.32 Å². The number of furan rings is 1. The normalized spacial score (nSPS) is 13.7. The Morgan fingerprint density at radius 1 is 1.04 bits per heavy atom. The summed E-state index contributed by atoms with van der Waals surface area (Å²) in [7, 11) is 0. The van der Waals surface area contributed by atoms with Crippen LogP contribution in [0.5, 0.6) is 0 Å². The maximum Gasteiger partial charge on any atom is 0.416 e. The summed E-state index contributed by atoms with van der Waals surface area (Å²) in [6.45, 7) is 1.70. The van der Waals surface area contributed by atoms with Crippen molar-refractivity contribution in [2.24, 2.45) is 0 Å². The van der Waals surface area contributed by atoms with Crippen LogP contribution in [0, 0.1) is 0 Å². The van der Waals surface area contributed by atoms with Gasteiger partial charge in [0.25, 0.3) is 5.91 Å². The van der Waals surface area contributed by atoms with E-state index >= 15 is 0 Å². The molecular weight excluding hydrogens is 369 g/mol. The van der Waals surface area contributed by atoms with Gasteiger partial charge in [0, 0.05) is 11.3 Å². The summed E-state index contributed by atoms with van der Waals surface area (Å²) in [5, 5.41) is 4.37. The number of nitrogens with one attached hydrogen (secondary N) is 1. The summed E-state index contributed by atoms with van der Waals surface area (Å²) in [4.78, 5) is 12.6. The van der Waals surface area contributed by atoms with Crippen molar-refractivity contribution in [2.45, 2.75) is 25.2 Å². The van der Waals surface area contributed by atoms with E-state index in [-0.39, 0.29) is 11.7 Å². The summed E-state index contributed by atoms with van der Waals surface area (Å²) in [6, 6.07) is 16.9. The van der Waals surface area contributed by atoms with Gasteiger partial charge < -0.3 is 15.1 Å². The molecule has 1 aromatic heterocycles. The lowest BCUT2D eigenvalue weighted by molar-refractivity contribution is -0.706. The summed E-state index contributed by atoms with van der Waals surface area (Å²) in [5.74, 6) is 0.289. The van der Waals surface area contributed by atoms with Crippen LogP contribution in [0.25, 0.3) is 0 Å². The lowest BCUT2D eigenvalue weighted by Gasteiger charge is -2.19. The SMILES string of the molecule is C[C@H]([NH2+][C@H](c1ccccc1)c1ccco1)C(=O)Nc1cccc(C(F)(F)F)c1. The Balaban J connectivity index is 1.74. The summed E-state index contributed by atoms with van der Waals surface area (Å²) < 4.78 is 44.1. The summed E-state index contributed by atoms with van der Waals surface area (Å²) >= 11 is 0. The molecule has 28 heavy (non-hydrogen) atoms. The van der Waals surface area contributed by atoms with Gasteiger partial charge in [-0.2, -0.15) is 13.2 Å². The lowest BCUT2D eigenvalue weighted by atomic mass is 10.0. The Kier molecular flexibility index (Phi) is 5.84. The van der Waals surface area contributed by atoms with Gasteiger partial charge in [0.05, 0.1) is 11.8 Å². The number of alkyl halides is 3. The minimum atomic E-state index is -4.46. The van der Waals surface area contributed by atoms with Crippen LogP contribution < -0.4 is 10.6 Å². The fraction of sp³-hybridized carbons (Fsp3) is 0.190. The number of carbonyl (C=O) groups excluding carboxylic acids is 1. The van der Waals surface area contributed by atoms with E-state index in [1.165, 1.54) is 12.1 Å². The average Bonchev–Trinajstić information content (AvgIpc) is 3.20. The predicted octanol–water partition coefficient (Wildman–Crippen LogP) is 3.98. The van der Waals surface area contributed by atoms with E-state index in [0.29, 0.717) is 5.76 Å². The first-order valence-electron chi connectivity index (χ1n) is 8.76. The van der Waals surface area contributed by atoms with Gasteiger partial charge in [-0.25, -0.2) is 0 Å². The van der Waals surface area contributed by atoms with Crippen molar-refractivity contribution < 1.29 is 27.7 Å². The van der Waals surface area contributed by atoms with Gasteiger partial charge in [0.15, 0.2) is 17.8 Å². The smallest absolute Gasteiger partial charge is 0.416 e. The van der Waals surface area contributed by atoms with Crippen LogP contribution >= 0.6 is 0 Å². The quantitative estimate of drug-likeness (QED) is 0.670. The zero-order valence-electron chi connectivity index (χ0n) is 15.1. The van der Waals surface area contributed by atoms with Gasteiger partial charge in [0.2, 0.25) is 0 Å². The van der Waals surface area contributed by atoms with Crippen molar-refractivity contribution in [1.82, 2.24) is 0 Å². The Labute approximate surface area is 160 Å². The van der Waals surface area contributed by atoms with Crippen molar-refractivity contribution in [3.8, 4) is 0 Å². The van der Waals surface area contributed by atoms with Crippen molar-refractivity contribution >= 4 is 11.6 Å².